The summed E-state index contributed by atoms with van der Waals surface area (Å²) in [4.78, 5) is 2.24. The van der Waals surface area contributed by atoms with Gasteiger partial charge in [0.25, 0.3) is 0 Å². The molecule has 1 aromatic carbocycles. The molecule has 2 atom stereocenters. The summed E-state index contributed by atoms with van der Waals surface area (Å²) in [6.45, 7) is 4.61. The van der Waals surface area contributed by atoms with Crippen LogP contribution in [0.4, 0.5) is 8.78 Å². The third-order valence-corrected chi connectivity index (χ3v) is 3.44. The molecule has 0 radical (unpaired) electrons. The van der Waals surface area contributed by atoms with Crippen molar-refractivity contribution in [3.05, 3.63) is 35.4 Å². The van der Waals surface area contributed by atoms with Crippen LogP contribution in [0, 0.1) is 17.6 Å². The molecule has 1 fully saturated rings. The second-order valence-electron chi connectivity index (χ2n) is 4.89. The number of hydrogen-bond donors (Lipinski definition) is 1. The van der Waals surface area contributed by atoms with E-state index in [0.29, 0.717) is 12.5 Å². The lowest BCUT2D eigenvalue weighted by atomic mass is 10.0. The maximum absolute atomic E-state index is 13.0. The average molecular weight is 240 g/mol. The lowest BCUT2D eigenvalue weighted by molar-refractivity contribution is 0.307. The van der Waals surface area contributed by atoms with Crippen molar-refractivity contribution in [1.29, 1.82) is 0 Å². The average Bonchev–Trinajstić information content (AvgIpc) is 2.72. The Bertz CT molecular complexity index is 393. The standard InChI is InChI=1S/C13H18F2N2/c1-9(16)11-4-5-17(8-11)7-10-2-3-12(14)13(15)6-10/h2-3,6,9,11H,4-5,7-8,16H2,1H3. The maximum Gasteiger partial charge on any atom is 0.159 e. The van der Waals surface area contributed by atoms with Crippen LogP contribution in [0.1, 0.15) is 18.9 Å². The lowest BCUT2D eigenvalue weighted by Crippen LogP contribution is -2.29. The van der Waals surface area contributed by atoms with Gasteiger partial charge in [0.1, 0.15) is 0 Å². The molecule has 1 aromatic rings. The van der Waals surface area contributed by atoms with Gasteiger partial charge in [-0.15, -0.1) is 0 Å². The Hall–Kier alpha value is -1.00. The Kier molecular flexibility index (Phi) is 3.74. The Morgan fingerprint density at radius 2 is 2.18 bits per heavy atom. The van der Waals surface area contributed by atoms with Gasteiger partial charge in [-0.3, -0.25) is 4.90 Å². The molecular weight excluding hydrogens is 222 g/mol. The smallest absolute Gasteiger partial charge is 0.159 e. The fourth-order valence-corrected chi connectivity index (χ4v) is 2.33. The number of nitrogens with zero attached hydrogens (tertiary/aromatic N) is 1. The molecule has 0 aromatic heterocycles. The monoisotopic (exact) mass is 240 g/mol. The van der Waals surface area contributed by atoms with Gasteiger partial charge in [-0.2, -0.15) is 0 Å². The van der Waals surface area contributed by atoms with Gasteiger partial charge >= 0.3 is 0 Å². The largest absolute Gasteiger partial charge is 0.328 e. The summed E-state index contributed by atoms with van der Waals surface area (Å²) in [5.41, 5.74) is 6.68. The summed E-state index contributed by atoms with van der Waals surface area (Å²) in [6.07, 6.45) is 1.08. The Morgan fingerprint density at radius 3 is 2.76 bits per heavy atom. The van der Waals surface area contributed by atoms with Gasteiger partial charge in [0.2, 0.25) is 0 Å². The van der Waals surface area contributed by atoms with Crippen molar-refractivity contribution in [1.82, 2.24) is 4.90 Å². The molecule has 17 heavy (non-hydrogen) atoms. The van der Waals surface area contributed by atoms with Crippen LogP contribution in [-0.2, 0) is 6.54 Å². The van der Waals surface area contributed by atoms with Gasteiger partial charge in [0.15, 0.2) is 11.6 Å². The fraction of sp³-hybridized carbons (Fsp3) is 0.538. The van der Waals surface area contributed by atoms with Gasteiger partial charge in [-0.05, 0) is 43.5 Å². The highest BCUT2D eigenvalue weighted by molar-refractivity contribution is 5.17. The third kappa shape index (κ3) is 3.01. The minimum Gasteiger partial charge on any atom is -0.328 e. The van der Waals surface area contributed by atoms with E-state index in [4.69, 9.17) is 5.73 Å². The van der Waals surface area contributed by atoms with Crippen molar-refractivity contribution in [3.63, 3.8) is 0 Å². The van der Waals surface area contributed by atoms with Gasteiger partial charge in [-0.25, -0.2) is 8.78 Å². The zero-order valence-corrected chi connectivity index (χ0v) is 10.00. The first-order valence-electron chi connectivity index (χ1n) is 5.98. The lowest BCUT2D eigenvalue weighted by Gasteiger charge is -2.17. The molecule has 0 spiro atoms. The van der Waals surface area contributed by atoms with Crippen LogP contribution < -0.4 is 5.73 Å². The van der Waals surface area contributed by atoms with E-state index in [9.17, 15) is 8.78 Å². The van der Waals surface area contributed by atoms with E-state index in [1.165, 1.54) is 12.1 Å². The van der Waals surface area contributed by atoms with Gasteiger partial charge in [-0.1, -0.05) is 6.07 Å². The van der Waals surface area contributed by atoms with Gasteiger partial charge in [0.05, 0.1) is 0 Å². The number of hydrogen-bond acceptors (Lipinski definition) is 2. The Morgan fingerprint density at radius 1 is 1.41 bits per heavy atom. The van der Waals surface area contributed by atoms with Crippen LogP contribution in [0.3, 0.4) is 0 Å². The van der Waals surface area contributed by atoms with E-state index >= 15 is 0 Å². The maximum atomic E-state index is 13.0. The predicted octanol–water partition coefficient (Wildman–Crippen LogP) is 2.13. The Balaban J connectivity index is 1.96. The molecule has 1 aliphatic rings. The van der Waals surface area contributed by atoms with Crippen molar-refractivity contribution in [2.45, 2.75) is 25.9 Å². The van der Waals surface area contributed by atoms with E-state index in [1.807, 2.05) is 6.92 Å². The van der Waals surface area contributed by atoms with Crippen LogP contribution in [0.25, 0.3) is 0 Å². The number of likely N-dealkylation sites (tertiary alicyclic amines) is 1. The normalized spacial score (nSPS) is 22.9. The quantitative estimate of drug-likeness (QED) is 0.877. The summed E-state index contributed by atoms with van der Waals surface area (Å²) in [7, 11) is 0. The number of nitrogens with two attached hydrogens (primary N) is 1. The molecule has 1 heterocycles. The molecule has 0 saturated carbocycles. The fourth-order valence-electron chi connectivity index (χ4n) is 2.33. The SMILES string of the molecule is CC(N)C1CCN(Cc2ccc(F)c(F)c2)C1. The van der Waals surface area contributed by atoms with E-state index in [-0.39, 0.29) is 6.04 Å². The molecule has 0 amide bonds. The highest BCUT2D eigenvalue weighted by Gasteiger charge is 2.25. The molecule has 0 aliphatic carbocycles. The number of benzene rings is 1. The summed E-state index contributed by atoms with van der Waals surface area (Å²) >= 11 is 0. The van der Waals surface area contributed by atoms with Crippen molar-refractivity contribution in [2.75, 3.05) is 13.1 Å². The van der Waals surface area contributed by atoms with E-state index in [2.05, 4.69) is 4.90 Å². The molecule has 4 heteroatoms. The van der Waals surface area contributed by atoms with Crippen LogP contribution in [0.5, 0.6) is 0 Å². The van der Waals surface area contributed by atoms with Crippen LogP contribution in [-0.4, -0.2) is 24.0 Å². The first kappa shape index (κ1) is 12.5. The topological polar surface area (TPSA) is 29.3 Å². The van der Waals surface area contributed by atoms with Crippen molar-refractivity contribution in [3.8, 4) is 0 Å². The molecular formula is C13H18F2N2. The van der Waals surface area contributed by atoms with Crippen molar-refractivity contribution < 1.29 is 8.78 Å². The van der Waals surface area contributed by atoms with Crippen molar-refractivity contribution in [2.24, 2.45) is 11.7 Å². The summed E-state index contributed by atoms with van der Waals surface area (Å²) in [5.74, 6) is -1.05. The molecule has 2 rings (SSSR count). The minimum absolute atomic E-state index is 0.199. The van der Waals surface area contributed by atoms with E-state index < -0.39 is 11.6 Å². The molecule has 1 saturated heterocycles. The zero-order chi connectivity index (χ0) is 12.4. The molecule has 0 bridgehead atoms. The predicted molar refractivity (Wildman–Crippen MR) is 63.4 cm³/mol. The Labute approximate surface area is 100 Å². The third-order valence-electron chi connectivity index (χ3n) is 3.44. The first-order valence-corrected chi connectivity index (χ1v) is 5.98. The summed E-state index contributed by atoms with van der Waals surface area (Å²) in [6, 6.07) is 4.29. The molecule has 94 valence electrons. The van der Waals surface area contributed by atoms with Crippen LogP contribution in [0.15, 0.2) is 18.2 Å². The highest BCUT2D eigenvalue weighted by atomic mass is 19.2. The van der Waals surface area contributed by atoms with E-state index in [1.54, 1.807) is 6.07 Å². The summed E-state index contributed by atoms with van der Waals surface area (Å²) < 4.78 is 25.8. The van der Waals surface area contributed by atoms with Gasteiger partial charge < -0.3 is 5.73 Å². The van der Waals surface area contributed by atoms with Gasteiger partial charge in [0, 0.05) is 19.1 Å². The van der Waals surface area contributed by atoms with Crippen LogP contribution >= 0.6 is 0 Å². The second kappa shape index (κ2) is 5.10. The second-order valence-corrected chi connectivity index (χ2v) is 4.89. The summed E-state index contributed by atoms with van der Waals surface area (Å²) in [5, 5.41) is 0. The molecule has 1 aliphatic heterocycles. The number of rotatable bonds is 3. The first-order chi connectivity index (χ1) is 8.06. The van der Waals surface area contributed by atoms with Crippen LogP contribution in [0.2, 0.25) is 0 Å². The molecule has 2 unspecified atom stereocenters. The van der Waals surface area contributed by atoms with E-state index in [0.717, 1.165) is 25.1 Å². The van der Waals surface area contributed by atoms with Crippen molar-refractivity contribution >= 4 is 0 Å². The zero-order valence-electron chi connectivity index (χ0n) is 10.00. The molecule has 2 nitrogen and oxygen atoms in total. The minimum atomic E-state index is -0.788. The molecule has 2 N–H and O–H groups in total. The highest BCUT2D eigenvalue weighted by Crippen LogP contribution is 2.21. The number of halogens is 2.